The fourth-order valence-corrected chi connectivity index (χ4v) is 18.0. The maximum absolute atomic E-state index is 11.9. The Bertz CT molecular complexity index is 851. The second-order valence-corrected chi connectivity index (χ2v) is 27.9. The number of carbonyl (C=O) groups is 1. The smallest absolute Gasteiger partial charge is 0.407 e. The second kappa shape index (κ2) is 18.0. The summed E-state index contributed by atoms with van der Waals surface area (Å²) in [7, 11) is -5.86. The van der Waals surface area contributed by atoms with Crippen molar-refractivity contribution in [3.63, 3.8) is 0 Å². The number of epoxide rings is 1. The van der Waals surface area contributed by atoms with E-state index in [1.165, 1.54) is 18.9 Å². The second-order valence-electron chi connectivity index (χ2n) is 14.2. The number of alkyl carbamates (subject to hydrolysis) is 1. The van der Waals surface area contributed by atoms with Gasteiger partial charge in [-0.25, -0.2) is 4.79 Å². The zero-order valence-corrected chi connectivity index (χ0v) is 32.9. The normalized spacial score (nSPS) is 19.2. The van der Waals surface area contributed by atoms with Crippen molar-refractivity contribution >= 4 is 30.8 Å². The molecule has 1 heterocycles. The van der Waals surface area contributed by atoms with Crippen molar-refractivity contribution in [2.75, 3.05) is 33.0 Å². The lowest BCUT2D eigenvalue weighted by Gasteiger charge is -2.54. The van der Waals surface area contributed by atoms with Gasteiger partial charge >= 0.3 is 6.09 Å². The SMILES string of the molecule is C=C(C)C1OC1OCCNC(=O)OCCOCCC[Si](C)(C)OC(CC)(CC)[Si](C)(C)OC(C)(CC)[Si](C)(C)CCCC. The van der Waals surface area contributed by atoms with Crippen LogP contribution in [0.1, 0.15) is 80.1 Å². The maximum Gasteiger partial charge on any atom is 0.407 e. The molecule has 0 aromatic heterocycles. The Morgan fingerprint density at radius 2 is 1.53 bits per heavy atom. The fraction of sp³-hybridized carbons (Fsp3) is 0.906. The summed E-state index contributed by atoms with van der Waals surface area (Å²) in [6.07, 6.45) is 5.72. The van der Waals surface area contributed by atoms with E-state index < -0.39 is 30.8 Å². The van der Waals surface area contributed by atoms with Gasteiger partial charge in [0.15, 0.2) is 14.6 Å². The summed E-state index contributed by atoms with van der Waals surface area (Å²) < 4.78 is 36.4. The monoisotopic (exact) mass is 661 g/mol. The van der Waals surface area contributed by atoms with E-state index in [0.717, 1.165) is 37.3 Å². The van der Waals surface area contributed by atoms with Gasteiger partial charge in [0, 0.05) is 18.4 Å². The highest BCUT2D eigenvalue weighted by atomic mass is 28.4. The van der Waals surface area contributed by atoms with E-state index in [0.29, 0.717) is 26.4 Å². The van der Waals surface area contributed by atoms with E-state index in [1.807, 2.05) is 6.92 Å². The quantitative estimate of drug-likeness (QED) is 0.0483. The summed E-state index contributed by atoms with van der Waals surface area (Å²) in [5.41, 5.74) is 0.944. The lowest BCUT2D eigenvalue weighted by Crippen LogP contribution is -2.67. The predicted octanol–water partition coefficient (Wildman–Crippen LogP) is 8.19. The number of amides is 1. The summed E-state index contributed by atoms with van der Waals surface area (Å²) in [6, 6.07) is 2.32. The minimum atomic E-state index is -2.25. The molecule has 1 N–H and O–H groups in total. The van der Waals surface area contributed by atoms with Crippen LogP contribution >= 0.6 is 0 Å². The van der Waals surface area contributed by atoms with E-state index in [4.69, 9.17) is 27.8 Å². The van der Waals surface area contributed by atoms with Gasteiger partial charge in [-0.15, -0.1) is 0 Å². The highest BCUT2D eigenvalue weighted by Gasteiger charge is 2.55. The van der Waals surface area contributed by atoms with Gasteiger partial charge in [0.25, 0.3) is 0 Å². The zero-order chi connectivity index (χ0) is 33.0. The lowest BCUT2D eigenvalue weighted by molar-refractivity contribution is 0.0479. The third-order valence-corrected chi connectivity index (χ3v) is 21.4. The molecule has 43 heavy (non-hydrogen) atoms. The minimum Gasteiger partial charge on any atom is -0.447 e. The van der Waals surface area contributed by atoms with E-state index in [-0.39, 0.29) is 29.4 Å². The summed E-state index contributed by atoms with van der Waals surface area (Å²) in [6.45, 7) is 33.7. The summed E-state index contributed by atoms with van der Waals surface area (Å²) in [4.78, 5) is 11.9. The molecule has 3 atom stereocenters. The summed E-state index contributed by atoms with van der Waals surface area (Å²) in [5, 5.41) is 2.41. The van der Waals surface area contributed by atoms with E-state index in [2.05, 4.69) is 85.8 Å². The molecule has 1 saturated heterocycles. The van der Waals surface area contributed by atoms with Crippen molar-refractivity contribution in [1.82, 2.24) is 5.32 Å². The van der Waals surface area contributed by atoms with E-state index in [1.54, 1.807) is 0 Å². The molecule has 11 heteroatoms. The number of hydrogen-bond donors (Lipinski definition) is 1. The Hall–Kier alpha value is -0.539. The van der Waals surface area contributed by atoms with Gasteiger partial charge in [-0.05, 0) is 77.3 Å². The van der Waals surface area contributed by atoms with Gasteiger partial charge < -0.3 is 33.1 Å². The summed E-state index contributed by atoms with van der Waals surface area (Å²) in [5.74, 6) is 0. The first-order chi connectivity index (χ1) is 20.0. The molecule has 0 bridgehead atoms. The van der Waals surface area contributed by atoms with Crippen molar-refractivity contribution in [1.29, 1.82) is 0 Å². The first-order valence-electron chi connectivity index (χ1n) is 16.8. The topological polar surface area (TPSA) is 87.8 Å². The number of ether oxygens (including phenoxy) is 4. The van der Waals surface area contributed by atoms with Crippen LogP contribution in [0.5, 0.6) is 0 Å². The van der Waals surface area contributed by atoms with Crippen LogP contribution in [-0.4, -0.2) is 86.6 Å². The Morgan fingerprint density at radius 1 is 0.884 bits per heavy atom. The largest absolute Gasteiger partial charge is 0.447 e. The van der Waals surface area contributed by atoms with Crippen LogP contribution in [0.25, 0.3) is 0 Å². The number of carbonyl (C=O) groups excluding carboxylic acids is 1. The van der Waals surface area contributed by atoms with Crippen LogP contribution < -0.4 is 5.32 Å². The Labute approximate surface area is 267 Å². The molecule has 254 valence electrons. The molecule has 1 fully saturated rings. The third kappa shape index (κ3) is 12.6. The predicted molar refractivity (Wildman–Crippen MR) is 185 cm³/mol. The molecule has 8 nitrogen and oxygen atoms in total. The highest BCUT2D eigenvalue weighted by molar-refractivity contribution is 6.82. The van der Waals surface area contributed by atoms with Gasteiger partial charge in [0.2, 0.25) is 8.32 Å². The number of unbranched alkanes of at least 4 members (excludes halogenated alkanes) is 1. The molecule has 1 rings (SSSR count). The van der Waals surface area contributed by atoms with Gasteiger partial charge in [0.05, 0.1) is 26.5 Å². The molecule has 1 aliphatic heterocycles. The van der Waals surface area contributed by atoms with E-state index in [9.17, 15) is 4.79 Å². The first kappa shape index (κ1) is 40.5. The molecule has 3 unspecified atom stereocenters. The van der Waals surface area contributed by atoms with Crippen LogP contribution in [0.2, 0.25) is 51.4 Å². The molecule has 0 radical (unpaired) electrons. The number of hydrogen-bond acceptors (Lipinski definition) is 7. The van der Waals surface area contributed by atoms with Crippen LogP contribution in [0.3, 0.4) is 0 Å². The molecule has 1 amide bonds. The fourth-order valence-electron chi connectivity index (χ4n) is 6.03. The Morgan fingerprint density at radius 3 is 2.07 bits per heavy atom. The molecule has 0 saturated carbocycles. The van der Waals surface area contributed by atoms with Crippen LogP contribution in [0, 0.1) is 0 Å². The molecule has 0 aromatic carbocycles. The van der Waals surface area contributed by atoms with Gasteiger partial charge in [-0.1, -0.05) is 66.3 Å². The maximum atomic E-state index is 11.9. The molecule has 0 aromatic rings. The van der Waals surface area contributed by atoms with Gasteiger partial charge in [-0.2, -0.15) is 0 Å². The van der Waals surface area contributed by atoms with Gasteiger partial charge in [-0.3, -0.25) is 0 Å². The van der Waals surface area contributed by atoms with E-state index >= 15 is 0 Å². The highest BCUT2D eigenvalue weighted by Crippen LogP contribution is 2.43. The number of nitrogens with one attached hydrogen (secondary N) is 1. The average Bonchev–Trinajstić information content (AvgIpc) is 3.72. The molecular formula is C32H67NO7Si3. The lowest BCUT2D eigenvalue weighted by atomic mass is 10.2. The van der Waals surface area contributed by atoms with Crippen molar-refractivity contribution in [2.45, 2.75) is 154 Å². The molecular weight excluding hydrogens is 595 g/mol. The Kier molecular flexibility index (Phi) is 16.9. The third-order valence-electron chi connectivity index (χ3n) is 9.57. The van der Waals surface area contributed by atoms with Crippen molar-refractivity contribution in [3.05, 3.63) is 12.2 Å². The minimum absolute atomic E-state index is 0.0244. The molecule has 0 aliphatic carbocycles. The van der Waals surface area contributed by atoms with Crippen LogP contribution in [-0.2, 0) is 27.8 Å². The number of rotatable bonds is 24. The van der Waals surface area contributed by atoms with Gasteiger partial charge in [0.1, 0.15) is 12.7 Å². The zero-order valence-electron chi connectivity index (χ0n) is 29.9. The van der Waals surface area contributed by atoms with Crippen molar-refractivity contribution in [2.24, 2.45) is 0 Å². The van der Waals surface area contributed by atoms with Crippen molar-refractivity contribution < 1.29 is 32.6 Å². The molecule has 0 spiro atoms. The Balaban J connectivity index is 2.49. The summed E-state index contributed by atoms with van der Waals surface area (Å²) >= 11 is 0. The van der Waals surface area contributed by atoms with Crippen LogP contribution in [0.4, 0.5) is 4.79 Å². The average molecular weight is 662 g/mol. The molecule has 1 aliphatic rings. The standard InChI is InChI=1S/C32H67NO7Si3/c1-14-18-25-41(8,9)31(7,15-2)39-43(12,13)32(16-3,17-4)40-42(10,11)26-19-21-35-23-24-37-30(34)33-20-22-36-29-28(38-29)27(5)6/h28-29H,5,14-26H2,1-4,6-13H3,(H,33,34). The first-order valence-corrected chi connectivity index (χ1v) is 26.0. The van der Waals surface area contributed by atoms with Crippen molar-refractivity contribution in [3.8, 4) is 0 Å². The van der Waals surface area contributed by atoms with Crippen LogP contribution in [0.15, 0.2) is 12.2 Å².